The lowest BCUT2D eigenvalue weighted by Crippen LogP contribution is -2.50. The van der Waals surface area contributed by atoms with E-state index in [1.165, 1.54) is 4.31 Å². The van der Waals surface area contributed by atoms with Gasteiger partial charge in [-0.2, -0.15) is 4.31 Å². The van der Waals surface area contributed by atoms with E-state index in [9.17, 15) is 13.2 Å². The Bertz CT molecular complexity index is 1330. The summed E-state index contributed by atoms with van der Waals surface area (Å²) in [6.45, 7) is 10.7. The number of nitrogens with zero attached hydrogens (tertiary/aromatic N) is 5. The van der Waals surface area contributed by atoms with Crippen molar-refractivity contribution in [3.05, 3.63) is 27.5 Å². The molecule has 1 aliphatic rings. The number of hydrogen-bond acceptors (Lipinski definition) is 10. The maximum atomic E-state index is 13.2. The zero-order valence-electron chi connectivity index (χ0n) is 20.4. The molecule has 1 atom stereocenters. The predicted molar refractivity (Wildman–Crippen MR) is 140 cm³/mol. The van der Waals surface area contributed by atoms with Crippen LogP contribution in [0.5, 0.6) is 0 Å². The minimum absolute atomic E-state index is 0.0525. The average molecular weight is 538 g/mol. The van der Waals surface area contributed by atoms with Gasteiger partial charge in [-0.25, -0.2) is 23.4 Å². The Balaban J connectivity index is 1.38. The number of thiophene rings is 1. The van der Waals surface area contributed by atoms with Crippen molar-refractivity contribution in [2.24, 2.45) is 5.73 Å². The number of rotatable bonds is 9. The number of nitrogens with one attached hydrogen (secondary N) is 1. The Hall–Kier alpha value is -2.19. The second-order valence-corrected chi connectivity index (χ2v) is 12.9. The first-order valence-electron chi connectivity index (χ1n) is 11.6. The van der Waals surface area contributed by atoms with Gasteiger partial charge in [0.25, 0.3) is 10.0 Å². The molecule has 0 unspecified atom stereocenters. The third-order valence-corrected chi connectivity index (χ3v) is 10.6. The van der Waals surface area contributed by atoms with Gasteiger partial charge in [-0.15, -0.1) is 22.7 Å². The number of fused-ring (bicyclic) bond motifs is 1. The molecule has 4 rings (SSSR count). The Morgan fingerprint density at radius 1 is 1.20 bits per heavy atom. The van der Waals surface area contributed by atoms with Gasteiger partial charge in [-0.1, -0.05) is 6.92 Å². The minimum atomic E-state index is -3.66. The summed E-state index contributed by atoms with van der Waals surface area (Å²) in [5.74, 6) is 1.16. The molecular weight excluding hydrogens is 506 g/mol. The zero-order valence-corrected chi connectivity index (χ0v) is 22.8. The van der Waals surface area contributed by atoms with E-state index in [0.29, 0.717) is 36.9 Å². The minimum Gasteiger partial charge on any atom is -0.369 e. The summed E-state index contributed by atoms with van der Waals surface area (Å²) in [6.07, 6.45) is 0.719. The highest BCUT2D eigenvalue weighted by molar-refractivity contribution is 7.91. The summed E-state index contributed by atoms with van der Waals surface area (Å²) in [6, 6.07) is 0.128. The van der Waals surface area contributed by atoms with Crippen LogP contribution in [0.25, 0.3) is 10.2 Å². The molecule has 13 heteroatoms. The molecule has 3 N–H and O–H groups in total. The van der Waals surface area contributed by atoms with Gasteiger partial charge in [0.05, 0.1) is 22.3 Å². The van der Waals surface area contributed by atoms with Crippen molar-refractivity contribution in [3.63, 3.8) is 0 Å². The number of carbonyl (C=O) groups is 1. The summed E-state index contributed by atoms with van der Waals surface area (Å²) in [7, 11) is -3.66. The molecule has 0 saturated carbocycles. The van der Waals surface area contributed by atoms with Gasteiger partial charge in [0.15, 0.2) is 4.21 Å². The number of hydrogen-bond donors (Lipinski definition) is 2. The Morgan fingerprint density at radius 3 is 2.57 bits per heavy atom. The normalized spacial score (nSPS) is 16.6. The highest BCUT2D eigenvalue weighted by atomic mass is 32.2. The standard InChI is InChI=1S/C22H31N7O3S3/c1-5-17-26-19-13(2)12-33-20(19)21(27-17)24-14(3)11-28-6-8-29(9-7-28)35(31,32)22-15(4)25-18(34-22)10-16(23)30/h12,14H,5-11H2,1-4H3,(H2,23,30)(H,24,26,27)/t14-/m0/s1. The molecule has 1 saturated heterocycles. The maximum absolute atomic E-state index is 13.2. The first-order chi connectivity index (χ1) is 16.6. The molecule has 0 radical (unpaired) electrons. The molecule has 4 heterocycles. The zero-order chi connectivity index (χ0) is 25.3. The van der Waals surface area contributed by atoms with Crippen LogP contribution >= 0.6 is 22.7 Å². The van der Waals surface area contributed by atoms with Gasteiger partial charge in [0, 0.05) is 45.2 Å². The SMILES string of the molecule is CCc1nc(N[C@@H](C)CN2CCN(S(=O)(=O)c3sc(CC(N)=O)nc3C)CC2)c2scc(C)c2n1. The van der Waals surface area contributed by atoms with Crippen LogP contribution in [0.4, 0.5) is 5.82 Å². The van der Waals surface area contributed by atoms with Crippen molar-refractivity contribution in [2.75, 3.05) is 38.0 Å². The lowest BCUT2D eigenvalue weighted by Gasteiger charge is -2.35. The number of thiazole rings is 1. The van der Waals surface area contributed by atoms with Crippen molar-refractivity contribution >= 4 is 54.6 Å². The number of sulfonamides is 1. The van der Waals surface area contributed by atoms with Crippen molar-refractivity contribution in [2.45, 2.75) is 50.8 Å². The number of carbonyl (C=O) groups excluding carboxylic acids is 1. The Morgan fingerprint density at radius 2 is 1.91 bits per heavy atom. The van der Waals surface area contributed by atoms with E-state index in [4.69, 9.17) is 10.7 Å². The molecule has 3 aromatic heterocycles. The van der Waals surface area contributed by atoms with Gasteiger partial charge in [-0.3, -0.25) is 9.69 Å². The van der Waals surface area contributed by atoms with Gasteiger partial charge < -0.3 is 11.1 Å². The molecule has 0 aliphatic carbocycles. The van der Waals surface area contributed by atoms with Crippen LogP contribution in [-0.4, -0.2) is 77.2 Å². The topological polar surface area (TPSA) is 134 Å². The Kier molecular flexibility index (Phi) is 7.71. The van der Waals surface area contributed by atoms with Crippen molar-refractivity contribution in [1.29, 1.82) is 0 Å². The van der Waals surface area contributed by atoms with Crippen molar-refractivity contribution < 1.29 is 13.2 Å². The molecule has 35 heavy (non-hydrogen) atoms. The predicted octanol–water partition coefficient (Wildman–Crippen LogP) is 2.16. The van der Waals surface area contributed by atoms with E-state index in [0.717, 1.165) is 51.7 Å². The summed E-state index contributed by atoms with van der Waals surface area (Å²) < 4.78 is 29.2. The van der Waals surface area contributed by atoms with Crippen LogP contribution in [0.15, 0.2) is 9.59 Å². The molecule has 10 nitrogen and oxygen atoms in total. The van der Waals surface area contributed by atoms with E-state index in [-0.39, 0.29) is 16.7 Å². The average Bonchev–Trinajstić information content (AvgIpc) is 3.36. The molecule has 1 aliphatic heterocycles. The van der Waals surface area contributed by atoms with Gasteiger partial charge in [0.1, 0.15) is 16.6 Å². The van der Waals surface area contributed by atoms with E-state index >= 15 is 0 Å². The molecule has 0 aromatic carbocycles. The summed E-state index contributed by atoms with van der Waals surface area (Å²) in [4.78, 5) is 27.1. The van der Waals surface area contributed by atoms with Crippen LogP contribution in [-0.2, 0) is 27.7 Å². The fourth-order valence-corrected chi connectivity index (χ4v) is 8.24. The van der Waals surface area contributed by atoms with E-state index in [1.54, 1.807) is 18.3 Å². The second kappa shape index (κ2) is 10.4. The van der Waals surface area contributed by atoms with E-state index in [2.05, 4.69) is 46.3 Å². The maximum Gasteiger partial charge on any atom is 0.254 e. The van der Waals surface area contributed by atoms with Crippen LogP contribution < -0.4 is 11.1 Å². The quantitative estimate of drug-likeness (QED) is 0.424. The van der Waals surface area contributed by atoms with E-state index in [1.807, 2.05) is 0 Å². The van der Waals surface area contributed by atoms with E-state index < -0.39 is 15.9 Å². The summed E-state index contributed by atoms with van der Waals surface area (Å²) >= 11 is 2.68. The van der Waals surface area contributed by atoms with Gasteiger partial charge in [0.2, 0.25) is 5.91 Å². The van der Waals surface area contributed by atoms with Gasteiger partial charge >= 0.3 is 0 Å². The summed E-state index contributed by atoms with van der Waals surface area (Å²) in [5.41, 5.74) is 7.81. The molecule has 1 fully saturated rings. The number of amides is 1. The van der Waals surface area contributed by atoms with Gasteiger partial charge in [-0.05, 0) is 31.7 Å². The molecule has 0 spiro atoms. The molecule has 3 aromatic rings. The van der Waals surface area contributed by atoms with Crippen LogP contribution in [0.3, 0.4) is 0 Å². The fourth-order valence-electron chi connectivity index (χ4n) is 4.17. The highest BCUT2D eigenvalue weighted by Crippen LogP contribution is 2.30. The molecule has 0 bridgehead atoms. The molecule has 190 valence electrons. The third-order valence-electron chi connectivity index (χ3n) is 5.90. The Labute approximate surface area is 213 Å². The molecular formula is C22H31N7O3S3. The number of aryl methyl sites for hydroxylation is 3. The first-order valence-corrected chi connectivity index (χ1v) is 14.7. The van der Waals surface area contributed by atoms with Crippen LogP contribution in [0, 0.1) is 13.8 Å². The first kappa shape index (κ1) is 25.9. The summed E-state index contributed by atoms with van der Waals surface area (Å²) in [5, 5.41) is 6.09. The largest absolute Gasteiger partial charge is 0.369 e. The lowest BCUT2D eigenvalue weighted by molar-refractivity contribution is -0.117. The lowest BCUT2D eigenvalue weighted by atomic mass is 10.2. The fraction of sp³-hybridized carbons (Fsp3) is 0.545. The van der Waals surface area contributed by atoms with Crippen molar-refractivity contribution in [1.82, 2.24) is 24.2 Å². The van der Waals surface area contributed by atoms with Crippen molar-refractivity contribution in [3.8, 4) is 0 Å². The third kappa shape index (κ3) is 5.64. The number of primary amides is 1. The highest BCUT2D eigenvalue weighted by Gasteiger charge is 2.32. The monoisotopic (exact) mass is 537 g/mol. The van der Waals surface area contributed by atoms with Crippen LogP contribution in [0.2, 0.25) is 0 Å². The smallest absolute Gasteiger partial charge is 0.254 e. The number of anilines is 1. The second-order valence-electron chi connectivity index (χ2n) is 8.81. The number of aromatic nitrogens is 3. The number of piperazine rings is 1. The van der Waals surface area contributed by atoms with Crippen LogP contribution in [0.1, 0.15) is 35.9 Å². The number of nitrogens with two attached hydrogens (primary N) is 1. The molecule has 1 amide bonds.